The van der Waals surface area contributed by atoms with Crippen LogP contribution in [0.4, 0.5) is 0 Å². The van der Waals surface area contributed by atoms with E-state index in [0.717, 1.165) is 10.4 Å². The molecular formula is C10H7Br2N3O. The molecule has 0 fully saturated rings. The number of ketones is 1. The number of imidazole rings is 1. The third-order valence-corrected chi connectivity index (χ3v) is 2.93. The first kappa shape index (κ1) is 11.5. The second kappa shape index (κ2) is 4.88. The minimum absolute atomic E-state index is 0.0193. The first-order valence-corrected chi connectivity index (χ1v) is 6.37. The Morgan fingerprint density at radius 1 is 1.38 bits per heavy atom. The molecule has 0 saturated heterocycles. The summed E-state index contributed by atoms with van der Waals surface area (Å²) < 4.78 is 2.52. The molecule has 2 aromatic heterocycles. The van der Waals surface area contributed by atoms with Crippen molar-refractivity contribution in [3.8, 4) is 5.82 Å². The molecule has 0 atom stereocenters. The zero-order chi connectivity index (χ0) is 11.5. The normalized spacial score (nSPS) is 10.4. The van der Waals surface area contributed by atoms with Crippen LogP contribution in [0.1, 0.15) is 10.4 Å². The molecular weight excluding hydrogens is 338 g/mol. The van der Waals surface area contributed by atoms with Crippen LogP contribution in [0.2, 0.25) is 0 Å². The number of aromatic nitrogens is 3. The van der Waals surface area contributed by atoms with Crippen molar-refractivity contribution in [2.45, 2.75) is 0 Å². The van der Waals surface area contributed by atoms with Gasteiger partial charge in [0.05, 0.1) is 5.33 Å². The molecule has 2 heterocycles. The number of halogens is 2. The van der Waals surface area contributed by atoms with Gasteiger partial charge in [-0.1, -0.05) is 15.9 Å². The SMILES string of the molecule is O=C(CBr)c1ccc(-n2cnc(Br)c2)nc1. The summed E-state index contributed by atoms with van der Waals surface area (Å²) in [5.74, 6) is 0.746. The summed E-state index contributed by atoms with van der Waals surface area (Å²) in [5.41, 5.74) is 0.597. The Morgan fingerprint density at radius 3 is 2.69 bits per heavy atom. The number of Topliss-reactive ketones (excluding diaryl/α,β-unsaturated/α-hetero) is 1. The van der Waals surface area contributed by atoms with Crippen LogP contribution in [0.3, 0.4) is 0 Å². The van der Waals surface area contributed by atoms with Crippen LogP contribution in [0.5, 0.6) is 0 Å². The molecule has 0 bridgehead atoms. The van der Waals surface area contributed by atoms with Crippen molar-refractivity contribution in [1.82, 2.24) is 14.5 Å². The third-order valence-electron chi connectivity index (χ3n) is 2.01. The van der Waals surface area contributed by atoms with E-state index in [1.54, 1.807) is 35.4 Å². The van der Waals surface area contributed by atoms with E-state index in [2.05, 4.69) is 41.8 Å². The van der Waals surface area contributed by atoms with E-state index in [1.807, 2.05) is 0 Å². The average Bonchev–Trinajstić information content (AvgIpc) is 2.75. The zero-order valence-electron chi connectivity index (χ0n) is 8.10. The molecule has 0 aliphatic carbocycles. The summed E-state index contributed by atoms with van der Waals surface area (Å²) in [6.45, 7) is 0. The third kappa shape index (κ3) is 2.38. The van der Waals surface area contributed by atoms with E-state index in [4.69, 9.17) is 0 Å². The van der Waals surface area contributed by atoms with E-state index in [9.17, 15) is 4.79 Å². The second-order valence-corrected chi connectivity index (χ2v) is 4.44. The number of hydrogen-bond donors (Lipinski definition) is 0. The van der Waals surface area contributed by atoms with Crippen LogP contribution in [0.15, 0.2) is 35.5 Å². The van der Waals surface area contributed by atoms with Gasteiger partial charge in [0.25, 0.3) is 0 Å². The Balaban J connectivity index is 2.29. The fraction of sp³-hybridized carbons (Fsp3) is 0.100. The maximum absolute atomic E-state index is 11.4. The van der Waals surface area contributed by atoms with Crippen molar-refractivity contribution >= 4 is 37.6 Å². The molecule has 2 aromatic rings. The average molecular weight is 345 g/mol. The van der Waals surface area contributed by atoms with Crippen molar-refractivity contribution in [1.29, 1.82) is 0 Å². The lowest BCUT2D eigenvalue weighted by atomic mass is 10.2. The topological polar surface area (TPSA) is 47.8 Å². The highest BCUT2D eigenvalue weighted by atomic mass is 79.9. The number of pyridine rings is 1. The molecule has 0 amide bonds. The van der Waals surface area contributed by atoms with Crippen LogP contribution >= 0.6 is 31.9 Å². The number of nitrogens with zero attached hydrogens (tertiary/aromatic N) is 3. The Labute approximate surface area is 109 Å². The van der Waals surface area contributed by atoms with Crippen LogP contribution in [0, 0.1) is 0 Å². The van der Waals surface area contributed by atoms with Gasteiger partial charge in [-0.3, -0.25) is 9.36 Å². The van der Waals surface area contributed by atoms with Crippen LogP contribution in [-0.2, 0) is 0 Å². The highest BCUT2D eigenvalue weighted by molar-refractivity contribution is 9.10. The molecule has 0 saturated carbocycles. The minimum Gasteiger partial charge on any atom is -0.293 e. The van der Waals surface area contributed by atoms with Crippen LogP contribution < -0.4 is 0 Å². The predicted molar refractivity (Wildman–Crippen MR) is 67.2 cm³/mol. The molecule has 0 aliphatic heterocycles. The van der Waals surface area contributed by atoms with E-state index in [0.29, 0.717) is 10.9 Å². The summed E-state index contributed by atoms with van der Waals surface area (Å²) in [7, 11) is 0. The lowest BCUT2D eigenvalue weighted by Gasteiger charge is -2.01. The highest BCUT2D eigenvalue weighted by Gasteiger charge is 2.05. The number of hydrogen-bond acceptors (Lipinski definition) is 3. The predicted octanol–water partition coefficient (Wildman–Crippen LogP) is 2.61. The lowest BCUT2D eigenvalue weighted by molar-refractivity contribution is 0.102. The first-order chi connectivity index (χ1) is 7.70. The molecule has 0 unspecified atom stereocenters. The monoisotopic (exact) mass is 343 g/mol. The smallest absolute Gasteiger partial charge is 0.174 e. The number of alkyl halides is 1. The van der Waals surface area contributed by atoms with Gasteiger partial charge >= 0.3 is 0 Å². The van der Waals surface area contributed by atoms with E-state index in [1.165, 1.54) is 0 Å². The first-order valence-electron chi connectivity index (χ1n) is 4.46. The van der Waals surface area contributed by atoms with Gasteiger partial charge in [0.1, 0.15) is 16.7 Å². The molecule has 4 nitrogen and oxygen atoms in total. The Morgan fingerprint density at radius 2 is 2.19 bits per heavy atom. The maximum Gasteiger partial charge on any atom is 0.174 e. The van der Waals surface area contributed by atoms with Gasteiger partial charge in [0, 0.05) is 18.0 Å². The zero-order valence-corrected chi connectivity index (χ0v) is 11.3. The van der Waals surface area contributed by atoms with Crippen molar-refractivity contribution in [2.24, 2.45) is 0 Å². The molecule has 6 heteroatoms. The summed E-state index contributed by atoms with van der Waals surface area (Å²) in [6.07, 6.45) is 5.01. The van der Waals surface area contributed by atoms with E-state index < -0.39 is 0 Å². The van der Waals surface area contributed by atoms with Gasteiger partial charge in [-0.2, -0.15) is 0 Å². The van der Waals surface area contributed by atoms with Gasteiger partial charge in [0.15, 0.2) is 5.78 Å². The summed E-state index contributed by atoms with van der Waals surface area (Å²) >= 11 is 6.38. The Hall–Kier alpha value is -1.01. The summed E-state index contributed by atoms with van der Waals surface area (Å²) in [6, 6.07) is 3.53. The van der Waals surface area contributed by atoms with Gasteiger partial charge in [0.2, 0.25) is 0 Å². The molecule has 82 valence electrons. The maximum atomic E-state index is 11.4. The number of rotatable bonds is 3. The fourth-order valence-corrected chi connectivity index (χ4v) is 1.84. The molecule has 16 heavy (non-hydrogen) atoms. The second-order valence-electron chi connectivity index (χ2n) is 3.07. The standard InChI is InChI=1S/C10H7Br2N3O/c11-3-8(16)7-1-2-10(13-4-7)15-5-9(12)14-6-15/h1-2,4-6H,3H2. The highest BCUT2D eigenvalue weighted by Crippen LogP contribution is 2.11. The van der Waals surface area contributed by atoms with Gasteiger partial charge in [-0.25, -0.2) is 9.97 Å². The summed E-state index contributed by atoms with van der Waals surface area (Å²) in [5, 5.41) is 0.310. The van der Waals surface area contributed by atoms with Crippen molar-refractivity contribution in [3.05, 3.63) is 41.0 Å². The molecule has 0 spiro atoms. The van der Waals surface area contributed by atoms with Crippen LogP contribution in [-0.4, -0.2) is 25.6 Å². The van der Waals surface area contributed by atoms with Crippen molar-refractivity contribution in [3.63, 3.8) is 0 Å². The largest absolute Gasteiger partial charge is 0.293 e. The van der Waals surface area contributed by atoms with E-state index >= 15 is 0 Å². The number of carbonyl (C=O) groups is 1. The molecule has 0 radical (unpaired) electrons. The van der Waals surface area contributed by atoms with Crippen molar-refractivity contribution in [2.75, 3.05) is 5.33 Å². The Kier molecular flexibility index (Phi) is 3.50. The van der Waals surface area contributed by atoms with Gasteiger partial charge in [-0.05, 0) is 28.1 Å². The lowest BCUT2D eigenvalue weighted by Crippen LogP contribution is -2.02. The molecule has 0 N–H and O–H groups in total. The van der Waals surface area contributed by atoms with Crippen molar-refractivity contribution < 1.29 is 4.79 Å². The quantitative estimate of drug-likeness (QED) is 0.635. The van der Waals surface area contributed by atoms with Gasteiger partial charge < -0.3 is 0 Å². The van der Waals surface area contributed by atoms with E-state index in [-0.39, 0.29) is 5.78 Å². The number of carbonyl (C=O) groups excluding carboxylic acids is 1. The molecule has 0 aliphatic rings. The van der Waals surface area contributed by atoms with Crippen LogP contribution in [0.25, 0.3) is 5.82 Å². The minimum atomic E-state index is 0.0193. The summed E-state index contributed by atoms with van der Waals surface area (Å²) in [4.78, 5) is 19.6. The molecule has 0 aromatic carbocycles. The fourth-order valence-electron chi connectivity index (χ4n) is 1.20. The van der Waals surface area contributed by atoms with Gasteiger partial charge in [-0.15, -0.1) is 0 Å². The Bertz CT molecular complexity index is 507. The molecule has 2 rings (SSSR count).